The monoisotopic (exact) mass is 622 g/mol. The summed E-state index contributed by atoms with van der Waals surface area (Å²) in [6.07, 6.45) is 11.9. The molecule has 0 aliphatic heterocycles. The van der Waals surface area contributed by atoms with Crippen molar-refractivity contribution in [2.24, 2.45) is 0 Å². The number of rotatable bonds is 19. The molecule has 0 aromatic heterocycles. The molecule has 242 valence electrons. The van der Waals surface area contributed by atoms with Gasteiger partial charge in [-0.15, -0.1) is 0 Å². The molecule has 0 fully saturated rings. The van der Waals surface area contributed by atoms with Gasteiger partial charge in [0.25, 0.3) is 0 Å². The minimum absolute atomic E-state index is 0.434. The van der Waals surface area contributed by atoms with Gasteiger partial charge in [0.1, 0.15) is 23.0 Å². The van der Waals surface area contributed by atoms with Gasteiger partial charge in [0, 0.05) is 0 Å². The fourth-order valence-electron chi connectivity index (χ4n) is 4.93. The van der Waals surface area contributed by atoms with Crippen molar-refractivity contribution in [1.82, 2.24) is 0 Å². The third-order valence-electron chi connectivity index (χ3n) is 7.68. The summed E-state index contributed by atoms with van der Waals surface area (Å²) < 4.78 is 22.7. The number of benzene rings is 4. The maximum atomic E-state index is 12.7. The second kappa shape index (κ2) is 19.1. The summed E-state index contributed by atoms with van der Waals surface area (Å²) in [6, 6.07) is 28.6. The fourth-order valence-corrected chi connectivity index (χ4v) is 4.93. The van der Waals surface area contributed by atoms with Gasteiger partial charge >= 0.3 is 11.9 Å². The Labute approximate surface area is 273 Å². The molecule has 0 aliphatic rings. The van der Waals surface area contributed by atoms with Gasteiger partial charge in [0.15, 0.2) is 0 Å². The van der Waals surface area contributed by atoms with E-state index >= 15 is 0 Å². The predicted molar refractivity (Wildman–Crippen MR) is 183 cm³/mol. The van der Waals surface area contributed by atoms with Crippen LogP contribution in [0.2, 0.25) is 0 Å². The summed E-state index contributed by atoms with van der Waals surface area (Å²) >= 11 is 0. The van der Waals surface area contributed by atoms with E-state index in [1.54, 1.807) is 48.5 Å². The summed E-state index contributed by atoms with van der Waals surface area (Å²) in [4.78, 5) is 25.4. The molecule has 0 amide bonds. The predicted octanol–water partition coefficient (Wildman–Crippen LogP) is 10.5. The molecule has 0 aliphatic carbocycles. The van der Waals surface area contributed by atoms with Crippen LogP contribution >= 0.6 is 0 Å². The molecular formula is C40H46O6. The lowest BCUT2D eigenvalue weighted by Gasteiger charge is -2.09. The van der Waals surface area contributed by atoms with Crippen molar-refractivity contribution < 1.29 is 28.5 Å². The van der Waals surface area contributed by atoms with Gasteiger partial charge in [0.2, 0.25) is 0 Å². The zero-order chi connectivity index (χ0) is 32.4. The third kappa shape index (κ3) is 11.4. The van der Waals surface area contributed by atoms with Crippen LogP contribution in [0.5, 0.6) is 23.0 Å². The maximum Gasteiger partial charge on any atom is 0.343 e. The second-order valence-electron chi connectivity index (χ2n) is 11.4. The second-order valence-corrected chi connectivity index (χ2v) is 11.4. The van der Waals surface area contributed by atoms with Crippen LogP contribution in [0.4, 0.5) is 0 Å². The summed E-state index contributed by atoms with van der Waals surface area (Å²) in [7, 11) is 0. The van der Waals surface area contributed by atoms with Gasteiger partial charge < -0.3 is 18.9 Å². The molecular weight excluding hydrogens is 576 g/mol. The van der Waals surface area contributed by atoms with E-state index in [1.807, 2.05) is 48.5 Å². The maximum absolute atomic E-state index is 12.7. The zero-order valence-electron chi connectivity index (χ0n) is 27.2. The van der Waals surface area contributed by atoms with Crippen molar-refractivity contribution in [2.75, 3.05) is 13.2 Å². The molecule has 0 bridgehead atoms. The molecule has 0 N–H and O–H groups in total. The van der Waals surface area contributed by atoms with Crippen molar-refractivity contribution >= 4 is 11.9 Å². The first-order chi connectivity index (χ1) is 22.6. The molecule has 0 radical (unpaired) electrons. The standard InChI is InChI=1S/C40H46O6/c1-3-5-7-9-11-29-43-35-21-25-37(26-22-35)45-39(41)33-17-13-31(14-18-33)32-15-19-34(20-16-32)40(42)46-38-27-23-36(24-28-38)44-30-12-10-8-6-4-2/h13-28H,3-12,29-30H2,1-2H3. The van der Waals surface area contributed by atoms with Gasteiger partial charge in [-0.1, -0.05) is 89.5 Å². The lowest BCUT2D eigenvalue weighted by molar-refractivity contribution is 0.0725. The van der Waals surface area contributed by atoms with Crippen molar-refractivity contribution in [3.63, 3.8) is 0 Å². The molecule has 0 saturated carbocycles. The first kappa shape index (κ1) is 34.3. The Bertz CT molecular complexity index is 1340. The normalized spacial score (nSPS) is 10.7. The van der Waals surface area contributed by atoms with Crippen molar-refractivity contribution in [1.29, 1.82) is 0 Å². The number of carbonyl (C=O) groups excluding carboxylic acids is 2. The first-order valence-electron chi connectivity index (χ1n) is 16.7. The Kier molecular flexibility index (Phi) is 14.2. The van der Waals surface area contributed by atoms with Crippen LogP contribution in [0.1, 0.15) is 98.8 Å². The molecule has 46 heavy (non-hydrogen) atoms. The molecule has 4 rings (SSSR count). The average molecular weight is 623 g/mol. The molecule has 0 heterocycles. The first-order valence-corrected chi connectivity index (χ1v) is 16.7. The van der Waals surface area contributed by atoms with E-state index in [2.05, 4.69) is 13.8 Å². The molecule has 6 heteroatoms. The topological polar surface area (TPSA) is 71.1 Å². The molecule has 0 unspecified atom stereocenters. The quantitative estimate of drug-likeness (QED) is 0.0589. The van der Waals surface area contributed by atoms with Gasteiger partial charge in [0.05, 0.1) is 24.3 Å². The Hall–Kier alpha value is -4.58. The number of hydrogen-bond donors (Lipinski definition) is 0. The molecule has 6 nitrogen and oxygen atoms in total. The van der Waals surface area contributed by atoms with E-state index in [4.69, 9.17) is 18.9 Å². The number of carbonyl (C=O) groups is 2. The number of unbranched alkanes of at least 4 members (excludes halogenated alkanes) is 8. The Morgan fingerprint density at radius 3 is 1.09 bits per heavy atom. The number of ether oxygens (including phenoxy) is 4. The van der Waals surface area contributed by atoms with Crippen molar-refractivity contribution in [3.8, 4) is 34.1 Å². The van der Waals surface area contributed by atoms with E-state index < -0.39 is 11.9 Å². The third-order valence-corrected chi connectivity index (χ3v) is 7.68. The van der Waals surface area contributed by atoms with Crippen LogP contribution in [0.15, 0.2) is 97.1 Å². The highest BCUT2D eigenvalue weighted by atomic mass is 16.5. The van der Waals surface area contributed by atoms with Crippen LogP contribution in [0.3, 0.4) is 0 Å². The summed E-state index contributed by atoms with van der Waals surface area (Å²) in [5.74, 6) is 1.59. The van der Waals surface area contributed by atoms with E-state index in [9.17, 15) is 9.59 Å². The smallest absolute Gasteiger partial charge is 0.343 e. The average Bonchev–Trinajstić information content (AvgIpc) is 3.09. The van der Waals surface area contributed by atoms with Crippen molar-refractivity contribution in [3.05, 3.63) is 108 Å². The number of esters is 2. The lowest BCUT2D eigenvalue weighted by atomic mass is 10.0. The lowest BCUT2D eigenvalue weighted by Crippen LogP contribution is -2.08. The van der Waals surface area contributed by atoms with Gasteiger partial charge in [-0.2, -0.15) is 0 Å². The van der Waals surface area contributed by atoms with Gasteiger partial charge in [-0.25, -0.2) is 9.59 Å². The SMILES string of the molecule is CCCCCCCOc1ccc(OC(=O)c2ccc(-c3ccc(C(=O)Oc4ccc(OCCCCCCC)cc4)cc3)cc2)cc1. The van der Waals surface area contributed by atoms with E-state index in [1.165, 1.54) is 51.4 Å². The fraction of sp³-hybridized carbons (Fsp3) is 0.350. The highest BCUT2D eigenvalue weighted by Crippen LogP contribution is 2.24. The molecule has 4 aromatic carbocycles. The van der Waals surface area contributed by atoms with Crippen LogP contribution in [-0.4, -0.2) is 25.2 Å². The number of hydrogen-bond acceptors (Lipinski definition) is 6. The summed E-state index contributed by atoms with van der Waals surface area (Å²) in [5, 5.41) is 0. The summed E-state index contributed by atoms with van der Waals surface area (Å²) in [6.45, 7) is 5.78. The van der Waals surface area contributed by atoms with Crippen LogP contribution in [-0.2, 0) is 0 Å². The van der Waals surface area contributed by atoms with Crippen LogP contribution in [0, 0.1) is 0 Å². The Morgan fingerprint density at radius 2 is 0.739 bits per heavy atom. The van der Waals surface area contributed by atoms with Crippen LogP contribution < -0.4 is 18.9 Å². The van der Waals surface area contributed by atoms with E-state index in [0.717, 1.165) is 35.5 Å². The Balaban J connectivity index is 1.22. The zero-order valence-corrected chi connectivity index (χ0v) is 27.2. The van der Waals surface area contributed by atoms with E-state index in [-0.39, 0.29) is 0 Å². The molecule has 4 aromatic rings. The largest absolute Gasteiger partial charge is 0.494 e. The highest BCUT2D eigenvalue weighted by Gasteiger charge is 2.12. The summed E-state index contributed by atoms with van der Waals surface area (Å²) in [5.41, 5.74) is 2.71. The Morgan fingerprint density at radius 1 is 0.413 bits per heavy atom. The highest BCUT2D eigenvalue weighted by molar-refractivity contribution is 5.93. The minimum Gasteiger partial charge on any atom is -0.494 e. The van der Waals surface area contributed by atoms with E-state index in [0.29, 0.717) is 35.8 Å². The van der Waals surface area contributed by atoms with Crippen molar-refractivity contribution in [2.45, 2.75) is 78.1 Å². The molecule has 0 saturated heterocycles. The van der Waals surface area contributed by atoms with Gasteiger partial charge in [-0.05, 0) is 96.8 Å². The van der Waals surface area contributed by atoms with Crippen LogP contribution in [0.25, 0.3) is 11.1 Å². The van der Waals surface area contributed by atoms with Gasteiger partial charge in [-0.3, -0.25) is 0 Å². The minimum atomic E-state index is -0.434. The molecule has 0 spiro atoms. The molecule has 0 atom stereocenters.